The van der Waals surface area contributed by atoms with Gasteiger partial charge in [0.15, 0.2) is 0 Å². The van der Waals surface area contributed by atoms with Crippen LogP contribution in [-0.4, -0.2) is 0 Å². The molecule has 0 bridgehead atoms. The van der Waals surface area contributed by atoms with Crippen LogP contribution in [0.25, 0.3) is 0 Å². The molecule has 1 aromatic rings. The maximum absolute atomic E-state index is 3.00. The monoisotopic (exact) mass is 314 g/mol. The highest BCUT2D eigenvalue weighted by Gasteiger charge is 2.44. The Bertz CT molecular complexity index is 485. The molecule has 0 N–H and O–H groups in total. The van der Waals surface area contributed by atoms with Crippen molar-refractivity contribution in [1.82, 2.24) is 0 Å². The third kappa shape index (κ3) is 3.90. The highest BCUT2D eigenvalue weighted by atomic mass is 14.5. The zero-order valence-electron chi connectivity index (χ0n) is 16.4. The molecule has 0 aromatic heterocycles. The lowest BCUT2D eigenvalue weighted by molar-refractivity contribution is 0.118. The van der Waals surface area contributed by atoms with Crippen LogP contribution in [0.3, 0.4) is 0 Å². The van der Waals surface area contributed by atoms with Crippen molar-refractivity contribution in [1.29, 1.82) is 0 Å². The fourth-order valence-corrected chi connectivity index (χ4v) is 4.79. The first-order valence-electron chi connectivity index (χ1n) is 9.65. The van der Waals surface area contributed by atoms with Gasteiger partial charge < -0.3 is 0 Å². The summed E-state index contributed by atoms with van der Waals surface area (Å²) in [5, 5.41) is 0. The summed E-state index contributed by atoms with van der Waals surface area (Å²) in [6.07, 6.45) is 6.97. The van der Waals surface area contributed by atoms with Crippen molar-refractivity contribution < 1.29 is 0 Å². The molecular weight excluding hydrogens is 276 g/mol. The van der Waals surface area contributed by atoms with Gasteiger partial charge >= 0.3 is 0 Å². The second kappa shape index (κ2) is 8.71. The molecule has 1 saturated carbocycles. The first-order chi connectivity index (χ1) is 11.0. The molecule has 0 saturated heterocycles. The number of benzene rings is 1. The van der Waals surface area contributed by atoms with Crippen molar-refractivity contribution in [2.45, 2.75) is 85.0 Å². The number of rotatable bonds is 1. The third-order valence-corrected chi connectivity index (χ3v) is 6.00. The van der Waals surface area contributed by atoms with Gasteiger partial charge in [-0.2, -0.15) is 0 Å². The SMILES string of the molecule is C=C.CC.CC(C)c1ccc2c(c1)CCC1C(C)CCCC21C. The molecule has 23 heavy (non-hydrogen) atoms. The number of hydrogen-bond acceptors (Lipinski definition) is 0. The van der Waals surface area contributed by atoms with Crippen LogP contribution in [0.1, 0.15) is 89.8 Å². The molecule has 1 fully saturated rings. The molecule has 0 nitrogen and oxygen atoms in total. The molecule has 3 rings (SSSR count). The first kappa shape index (κ1) is 20.0. The average Bonchev–Trinajstić information content (AvgIpc) is 2.58. The van der Waals surface area contributed by atoms with Crippen molar-refractivity contribution >= 4 is 0 Å². The van der Waals surface area contributed by atoms with Gasteiger partial charge in [-0.05, 0) is 59.1 Å². The minimum absolute atomic E-state index is 0.459. The molecular formula is C23H38. The lowest BCUT2D eigenvalue weighted by Crippen LogP contribution is -2.43. The Morgan fingerprint density at radius 3 is 2.39 bits per heavy atom. The molecule has 2 aliphatic carbocycles. The van der Waals surface area contributed by atoms with Crippen LogP contribution in [0, 0.1) is 11.8 Å². The number of hydrogen-bond donors (Lipinski definition) is 0. The molecule has 0 spiro atoms. The predicted octanol–water partition coefficient (Wildman–Crippen LogP) is 7.28. The van der Waals surface area contributed by atoms with Crippen LogP contribution >= 0.6 is 0 Å². The lowest BCUT2D eigenvalue weighted by Gasteiger charge is -2.49. The maximum atomic E-state index is 3.00. The number of aryl methyl sites for hydroxylation is 1. The van der Waals surface area contributed by atoms with E-state index in [1.165, 1.54) is 37.7 Å². The zero-order chi connectivity index (χ0) is 17.6. The highest BCUT2D eigenvalue weighted by molar-refractivity contribution is 5.41. The second-order valence-electron chi connectivity index (χ2n) is 7.50. The minimum Gasteiger partial charge on any atom is -0.106 e. The van der Waals surface area contributed by atoms with Crippen molar-refractivity contribution in [3.05, 3.63) is 48.0 Å². The van der Waals surface area contributed by atoms with E-state index in [4.69, 9.17) is 0 Å². The Morgan fingerprint density at radius 2 is 1.78 bits per heavy atom. The summed E-state index contributed by atoms with van der Waals surface area (Å²) < 4.78 is 0. The Kier molecular flexibility index (Phi) is 7.58. The molecule has 3 atom stereocenters. The van der Waals surface area contributed by atoms with E-state index in [1.54, 1.807) is 11.1 Å². The Hall–Kier alpha value is -1.04. The van der Waals surface area contributed by atoms with Crippen molar-refractivity contribution in [3.63, 3.8) is 0 Å². The van der Waals surface area contributed by atoms with Gasteiger partial charge in [-0.15, -0.1) is 13.2 Å². The summed E-state index contributed by atoms with van der Waals surface area (Å²) in [6, 6.07) is 7.35. The van der Waals surface area contributed by atoms with Gasteiger partial charge in [0.25, 0.3) is 0 Å². The summed E-state index contributed by atoms with van der Waals surface area (Å²) in [6.45, 7) is 19.6. The Labute approximate surface area is 145 Å². The molecule has 0 heterocycles. The molecule has 0 aliphatic heterocycles. The fraction of sp³-hybridized carbons (Fsp3) is 0.652. The summed E-state index contributed by atoms with van der Waals surface area (Å²) >= 11 is 0. The van der Waals surface area contributed by atoms with E-state index in [-0.39, 0.29) is 0 Å². The fourth-order valence-electron chi connectivity index (χ4n) is 4.79. The molecule has 2 aliphatic rings. The van der Waals surface area contributed by atoms with E-state index >= 15 is 0 Å². The van der Waals surface area contributed by atoms with Crippen LogP contribution in [0.4, 0.5) is 0 Å². The second-order valence-corrected chi connectivity index (χ2v) is 7.50. The lowest BCUT2D eigenvalue weighted by atomic mass is 9.55. The van der Waals surface area contributed by atoms with E-state index in [9.17, 15) is 0 Å². The molecule has 130 valence electrons. The van der Waals surface area contributed by atoms with E-state index in [0.717, 1.165) is 11.8 Å². The third-order valence-electron chi connectivity index (χ3n) is 6.00. The summed E-state index contributed by atoms with van der Waals surface area (Å²) in [7, 11) is 0. The minimum atomic E-state index is 0.459. The van der Waals surface area contributed by atoms with Crippen molar-refractivity contribution in [2.24, 2.45) is 11.8 Å². The summed E-state index contributed by atoms with van der Waals surface area (Å²) in [4.78, 5) is 0. The summed E-state index contributed by atoms with van der Waals surface area (Å²) in [5.41, 5.74) is 5.31. The standard InChI is InChI=1S/C19H28.C2H6.C2H4/c1-13(2)15-7-10-18-16(12-15)8-9-17-14(3)6-5-11-19(17,18)4;2*1-2/h7,10,12-14,17H,5-6,8-9,11H2,1-4H3;1-2H3;1-2H2. The predicted molar refractivity (Wildman–Crippen MR) is 105 cm³/mol. The molecule has 0 amide bonds. The Morgan fingerprint density at radius 1 is 1.13 bits per heavy atom. The molecule has 1 aromatic carbocycles. The highest BCUT2D eigenvalue weighted by Crippen LogP contribution is 2.52. The van der Waals surface area contributed by atoms with Gasteiger partial charge in [0.2, 0.25) is 0 Å². The topological polar surface area (TPSA) is 0 Å². The average molecular weight is 315 g/mol. The quantitative estimate of drug-likeness (QED) is 0.478. The van der Waals surface area contributed by atoms with Gasteiger partial charge in [-0.1, -0.05) is 72.6 Å². The molecule has 0 radical (unpaired) electrons. The number of fused-ring (bicyclic) bond motifs is 3. The van der Waals surface area contributed by atoms with E-state index in [1.807, 2.05) is 13.8 Å². The van der Waals surface area contributed by atoms with Gasteiger partial charge in [0.05, 0.1) is 0 Å². The maximum Gasteiger partial charge on any atom is -0.00417 e. The summed E-state index contributed by atoms with van der Waals surface area (Å²) in [5.74, 6) is 2.48. The van der Waals surface area contributed by atoms with Gasteiger partial charge in [-0.3, -0.25) is 0 Å². The van der Waals surface area contributed by atoms with Crippen LogP contribution in [0.5, 0.6) is 0 Å². The van der Waals surface area contributed by atoms with Crippen LogP contribution in [-0.2, 0) is 11.8 Å². The van der Waals surface area contributed by atoms with Gasteiger partial charge in [0.1, 0.15) is 0 Å². The van der Waals surface area contributed by atoms with Crippen LogP contribution < -0.4 is 0 Å². The molecule has 3 unspecified atom stereocenters. The van der Waals surface area contributed by atoms with Gasteiger partial charge in [-0.25, -0.2) is 0 Å². The van der Waals surface area contributed by atoms with Gasteiger partial charge in [0, 0.05) is 0 Å². The normalized spacial score (nSPS) is 28.5. The first-order valence-corrected chi connectivity index (χ1v) is 9.65. The molecule has 0 heteroatoms. The van der Waals surface area contributed by atoms with Crippen LogP contribution in [0.15, 0.2) is 31.4 Å². The van der Waals surface area contributed by atoms with Crippen LogP contribution in [0.2, 0.25) is 0 Å². The van der Waals surface area contributed by atoms with E-state index in [0.29, 0.717) is 11.3 Å². The Balaban J connectivity index is 0.000000615. The smallest absolute Gasteiger partial charge is 0.00417 e. The van der Waals surface area contributed by atoms with E-state index in [2.05, 4.69) is 59.1 Å². The largest absolute Gasteiger partial charge is 0.106 e. The zero-order valence-corrected chi connectivity index (χ0v) is 16.4. The van der Waals surface area contributed by atoms with Crippen molar-refractivity contribution in [2.75, 3.05) is 0 Å². The van der Waals surface area contributed by atoms with E-state index < -0.39 is 0 Å². The van der Waals surface area contributed by atoms with Crippen molar-refractivity contribution in [3.8, 4) is 0 Å².